The number of amides is 1. The zero-order valence-electron chi connectivity index (χ0n) is 12.3. The second-order valence-electron chi connectivity index (χ2n) is 6.53. The van der Waals surface area contributed by atoms with Crippen LogP contribution < -0.4 is 5.32 Å². The molecule has 0 aliphatic heterocycles. The van der Waals surface area contributed by atoms with Crippen LogP contribution >= 0.6 is 0 Å². The summed E-state index contributed by atoms with van der Waals surface area (Å²) >= 11 is 0. The number of carbonyl (C=O) groups excluding carboxylic acids is 1. The molecule has 20 heavy (non-hydrogen) atoms. The lowest BCUT2D eigenvalue weighted by Crippen LogP contribution is -2.27. The Morgan fingerprint density at radius 2 is 1.70 bits per heavy atom. The summed E-state index contributed by atoms with van der Waals surface area (Å²) in [5.74, 6) is -0.124. The van der Waals surface area contributed by atoms with E-state index in [2.05, 4.69) is 5.32 Å². The lowest BCUT2D eigenvalue weighted by molar-refractivity contribution is -0.137. The van der Waals surface area contributed by atoms with Gasteiger partial charge in [0.25, 0.3) is 0 Å². The third-order valence-electron chi connectivity index (χ3n) is 4.97. The summed E-state index contributed by atoms with van der Waals surface area (Å²) in [6, 6.07) is 0. The van der Waals surface area contributed by atoms with Crippen molar-refractivity contribution < 1.29 is 14.7 Å². The minimum Gasteiger partial charge on any atom is -0.481 e. The van der Waals surface area contributed by atoms with Gasteiger partial charge >= 0.3 is 5.97 Å². The number of rotatable bonds is 9. The monoisotopic (exact) mass is 281 g/mol. The third kappa shape index (κ3) is 4.22. The fourth-order valence-electron chi connectivity index (χ4n) is 3.62. The molecule has 2 saturated carbocycles. The van der Waals surface area contributed by atoms with Crippen LogP contribution in [0, 0.1) is 11.3 Å². The Kier molecular flexibility index (Phi) is 5.44. The van der Waals surface area contributed by atoms with Crippen LogP contribution in [0.1, 0.15) is 70.6 Å². The smallest absolute Gasteiger partial charge is 0.303 e. The molecule has 4 nitrogen and oxygen atoms in total. The molecule has 2 N–H and O–H groups in total. The van der Waals surface area contributed by atoms with Gasteiger partial charge in [-0.15, -0.1) is 0 Å². The summed E-state index contributed by atoms with van der Waals surface area (Å²) in [7, 11) is 0. The van der Waals surface area contributed by atoms with Crippen LogP contribution in [-0.4, -0.2) is 23.5 Å². The zero-order chi connectivity index (χ0) is 14.4. The van der Waals surface area contributed by atoms with Crippen LogP contribution in [0.25, 0.3) is 0 Å². The van der Waals surface area contributed by atoms with E-state index in [1.807, 2.05) is 0 Å². The van der Waals surface area contributed by atoms with Crippen LogP contribution in [0.15, 0.2) is 0 Å². The summed E-state index contributed by atoms with van der Waals surface area (Å²) < 4.78 is 0. The molecule has 1 atom stereocenters. The van der Waals surface area contributed by atoms with E-state index >= 15 is 0 Å². The third-order valence-corrected chi connectivity index (χ3v) is 4.97. The van der Waals surface area contributed by atoms with Crippen LogP contribution in [0.4, 0.5) is 0 Å². The van der Waals surface area contributed by atoms with Gasteiger partial charge in [0.15, 0.2) is 0 Å². The van der Waals surface area contributed by atoms with Gasteiger partial charge in [0.1, 0.15) is 0 Å². The van der Waals surface area contributed by atoms with Crippen molar-refractivity contribution in [2.75, 3.05) is 6.54 Å². The normalized spacial score (nSPS) is 22.9. The molecule has 0 heterocycles. The summed E-state index contributed by atoms with van der Waals surface area (Å²) in [5.41, 5.74) is 0.404. The van der Waals surface area contributed by atoms with Gasteiger partial charge in [-0.1, -0.05) is 32.1 Å². The number of carboxylic acid groups (broad SMARTS) is 1. The molecular weight excluding hydrogens is 254 g/mol. The van der Waals surface area contributed by atoms with Crippen molar-refractivity contribution in [1.29, 1.82) is 0 Å². The van der Waals surface area contributed by atoms with Crippen LogP contribution in [-0.2, 0) is 9.59 Å². The molecule has 0 radical (unpaired) electrons. The Labute approximate surface area is 121 Å². The Bertz CT molecular complexity index is 348. The van der Waals surface area contributed by atoms with Crippen molar-refractivity contribution in [1.82, 2.24) is 5.32 Å². The Hall–Kier alpha value is -1.06. The maximum atomic E-state index is 12.0. The molecule has 114 valence electrons. The van der Waals surface area contributed by atoms with Gasteiger partial charge in [-0.2, -0.15) is 0 Å². The van der Waals surface area contributed by atoms with Gasteiger partial charge in [-0.05, 0) is 37.5 Å². The fourth-order valence-corrected chi connectivity index (χ4v) is 3.62. The summed E-state index contributed by atoms with van der Waals surface area (Å²) in [6.45, 7) is 0.782. The maximum Gasteiger partial charge on any atom is 0.303 e. The molecule has 1 unspecified atom stereocenters. The molecule has 0 aromatic carbocycles. The lowest BCUT2D eigenvalue weighted by atomic mass is 10.0. The number of carboxylic acids is 1. The molecule has 0 saturated heterocycles. The first kappa shape index (κ1) is 15.3. The van der Waals surface area contributed by atoms with Gasteiger partial charge in [0.2, 0.25) is 5.91 Å². The molecule has 2 aliphatic carbocycles. The summed E-state index contributed by atoms with van der Waals surface area (Å²) in [6.07, 6.45) is 11.4. The molecule has 4 heteroatoms. The van der Waals surface area contributed by atoms with E-state index in [-0.39, 0.29) is 12.3 Å². The van der Waals surface area contributed by atoms with E-state index in [4.69, 9.17) is 5.11 Å². The number of unbranched alkanes of at least 4 members (excludes halogenated alkanes) is 4. The number of nitrogens with one attached hydrogen (secondary N) is 1. The summed E-state index contributed by atoms with van der Waals surface area (Å²) in [4.78, 5) is 22.3. The number of hydrogen-bond acceptors (Lipinski definition) is 2. The fraction of sp³-hybridized carbons (Fsp3) is 0.875. The molecular formula is C16H27NO3. The van der Waals surface area contributed by atoms with E-state index in [1.165, 1.54) is 25.7 Å². The van der Waals surface area contributed by atoms with Crippen molar-refractivity contribution in [2.45, 2.75) is 70.6 Å². The first-order valence-corrected chi connectivity index (χ1v) is 8.14. The van der Waals surface area contributed by atoms with Crippen molar-refractivity contribution in [2.24, 2.45) is 11.3 Å². The summed E-state index contributed by atoms with van der Waals surface area (Å²) in [5, 5.41) is 11.6. The van der Waals surface area contributed by atoms with E-state index in [0.717, 1.165) is 45.1 Å². The zero-order valence-corrected chi connectivity index (χ0v) is 12.3. The average molecular weight is 281 g/mol. The minimum atomic E-state index is -0.706. The Morgan fingerprint density at radius 3 is 2.40 bits per heavy atom. The highest BCUT2D eigenvalue weighted by molar-refractivity contribution is 5.82. The van der Waals surface area contributed by atoms with E-state index in [0.29, 0.717) is 11.3 Å². The first-order chi connectivity index (χ1) is 9.64. The highest BCUT2D eigenvalue weighted by Gasteiger charge is 2.58. The van der Waals surface area contributed by atoms with Gasteiger partial charge < -0.3 is 10.4 Å². The molecule has 1 amide bonds. The molecule has 1 spiro atoms. The molecule has 0 bridgehead atoms. The predicted molar refractivity (Wildman–Crippen MR) is 77.4 cm³/mol. The molecule has 2 aliphatic rings. The molecule has 2 rings (SSSR count). The molecule has 0 aromatic rings. The highest BCUT2D eigenvalue weighted by atomic mass is 16.4. The largest absolute Gasteiger partial charge is 0.481 e. The lowest BCUT2D eigenvalue weighted by Gasteiger charge is -2.09. The SMILES string of the molecule is O=C(O)CCCCCCCNC(=O)C1CC12CCCC2. The number of hydrogen-bond donors (Lipinski definition) is 2. The average Bonchev–Trinajstić information content (AvgIpc) is 2.90. The second-order valence-corrected chi connectivity index (χ2v) is 6.53. The molecule has 2 fully saturated rings. The van der Waals surface area contributed by atoms with Gasteiger partial charge in [0.05, 0.1) is 0 Å². The Morgan fingerprint density at radius 1 is 1.05 bits per heavy atom. The van der Waals surface area contributed by atoms with Crippen LogP contribution in [0.2, 0.25) is 0 Å². The van der Waals surface area contributed by atoms with E-state index < -0.39 is 5.97 Å². The van der Waals surface area contributed by atoms with Crippen LogP contribution in [0.5, 0.6) is 0 Å². The van der Waals surface area contributed by atoms with Gasteiger partial charge in [-0.25, -0.2) is 0 Å². The van der Waals surface area contributed by atoms with Crippen molar-refractivity contribution in [3.63, 3.8) is 0 Å². The van der Waals surface area contributed by atoms with Gasteiger partial charge in [0, 0.05) is 18.9 Å². The van der Waals surface area contributed by atoms with Crippen molar-refractivity contribution >= 4 is 11.9 Å². The maximum absolute atomic E-state index is 12.0. The van der Waals surface area contributed by atoms with Crippen LogP contribution in [0.3, 0.4) is 0 Å². The minimum absolute atomic E-state index is 0.276. The van der Waals surface area contributed by atoms with Gasteiger partial charge in [-0.3, -0.25) is 9.59 Å². The Balaban J connectivity index is 1.44. The molecule has 0 aromatic heterocycles. The highest BCUT2D eigenvalue weighted by Crippen LogP contribution is 2.62. The van der Waals surface area contributed by atoms with E-state index in [9.17, 15) is 9.59 Å². The quantitative estimate of drug-likeness (QED) is 0.638. The van der Waals surface area contributed by atoms with Crippen molar-refractivity contribution in [3.05, 3.63) is 0 Å². The van der Waals surface area contributed by atoms with E-state index in [1.54, 1.807) is 0 Å². The number of aliphatic carboxylic acids is 1. The first-order valence-electron chi connectivity index (χ1n) is 8.14. The number of carbonyl (C=O) groups is 2. The van der Waals surface area contributed by atoms with Crippen molar-refractivity contribution in [3.8, 4) is 0 Å². The standard InChI is InChI=1S/C16H27NO3/c18-14(19)8-4-2-1-3-7-11-17-15(20)13-12-16(13)9-5-6-10-16/h13H,1-12H2,(H,17,20)(H,18,19). The second kappa shape index (κ2) is 7.09. The topological polar surface area (TPSA) is 66.4 Å². The predicted octanol–water partition coefficient (Wildman–Crippen LogP) is 3.11.